The fourth-order valence-corrected chi connectivity index (χ4v) is 2.89. The third-order valence-corrected chi connectivity index (χ3v) is 4.58. The first kappa shape index (κ1) is 21.2. The van der Waals surface area contributed by atoms with E-state index in [0.29, 0.717) is 0 Å². The summed E-state index contributed by atoms with van der Waals surface area (Å²) < 4.78 is 7.69. The highest BCUT2D eigenvalue weighted by Crippen LogP contribution is 2.26. The van der Waals surface area contributed by atoms with Crippen LogP contribution in [0.3, 0.4) is 0 Å². The zero-order chi connectivity index (χ0) is 16.5. The molecule has 2 heterocycles. The molecule has 1 aliphatic heterocycles. The van der Waals surface area contributed by atoms with Gasteiger partial charge in [-0.05, 0) is 46.0 Å². The molecule has 1 saturated heterocycles. The average molecular weight is 449 g/mol. The van der Waals surface area contributed by atoms with E-state index in [4.69, 9.17) is 9.73 Å². The van der Waals surface area contributed by atoms with Gasteiger partial charge in [0.1, 0.15) is 0 Å². The van der Waals surface area contributed by atoms with Crippen molar-refractivity contribution >= 4 is 29.9 Å². The number of aromatic nitrogens is 1. The van der Waals surface area contributed by atoms with Gasteiger partial charge in [0, 0.05) is 50.8 Å². The van der Waals surface area contributed by atoms with E-state index in [9.17, 15) is 0 Å². The fraction of sp³-hybridized carbons (Fsp3) is 0.706. The number of ether oxygens (including phenoxy) is 1. The molecule has 2 rings (SSSR count). The van der Waals surface area contributed by atoms with Crippen LogP contribution in [-0.4, -0.2) is 67.9 Å². The van der Waals surface area contributed by atoms with Crippen LogP contribution >= 0.6 is 24.0 Å². The van der Waals surface area contributed by atoms with Gasteiger partial charge in [-0.2, -0.15) is 0 Å². The average Bonchev–Trinajstić information content (AvgIpc) is 3.07. The minimum Gasteiger partial charge on any atom is -0.381 e. The van der Waals surface area contributed by atoms with Gasteiger partial charge in [-0.3, -0.25) is 4.99 Å². The van der Waals surface area contributed by atoms with Crippen LogP contribution in [0.25, 0.3) is 0 Å². The Kier molecular flexibility index (Phi) is 9.68. The van der Waals surface area contributed by atoms with Crippen LogP contribution in [0.4, 0.5) is 0 Å². The van der Waals surface area contributed by atoms with Crippen molar-refractivity contribution in [3.05, 3.63) is 24.5 Å². The Morgan fingerprint density at radius 3 is 2.46 bits per heavy atom. The van der Waals surface area contributed by atoms with Crippen molar-refractivity contribution in [2.75, 3.05) is 46.9 Å². The lowest BCUT2D eigenvalue weighted by Crippen LogP contribution is -2.51. The summed E-state index contributed by atoms with van der Waals surface area (Å²) in [7, 11) is 4.29. The van der Waals surface area contributed by atoms with Gasteiger partial charge in [-0.15, -0.1) is 24.0 Å². The van der Waals surface area contributed by atoms with E-state index < -0.39 is 0 Å². The molecule has 7 heteroatoms. The fourth-order valence-electron chi connectivity index (χ4n) is 2.89. The van der Waals surface area contributed by atoms with Crippen molar-refractivity contribution in [3.63, 3.8) is 0 Å². The normalized spacial score (nSPS) is 17.4. The maximum absolute atomic E-state index is 5.53. The number of halogens is 1. The number of rotatable bonds is 7. The predicted octanol–water partition coefficient (Wildman–Crippen LogP) is 1.77. The number of aliphatic imine (C=N–C) groups is 1. The molecule has 0 bridgehead atoms. The lowest BCUT2D eigenvalue weighted by atomic mass is 9.89. The number of guanidine groups is 1. The van der Waals surface area contributed by atoms with E-state index in [1.54, 1.807) is 0 Å². The second-order valence-corrected chi connectivity index (χ2v) is 6.27. The van der Waals surface area contributed by atoms with Crippen LogP contribution in [0.5, 0.6) is 0 Å². The highest BCUT2D eigenvalue weighted by atomic mass is 127. The lowest BCUT2D eigenvalue weighted by molar-refractivity contribution is -0.00254. The Labute approximate surface area is 163 Å². The highest BCUT2D eigenvalue weighted by molar-refractivity contribution is 14.0. The molecule has 0 spiro atoms. The van der Waals surface area contributed by atoms with E-state index in [2.05, 4.69) is 53.5 Å². The largest absolute Gasteiger partial charge is 0.381 e. The van der Waals surface area contributed by atoms with E-state index in [0.717, 1.165) is 58.2 Å². The van der Waals surface area contributed by atoms with Gasteiger partial charge >= 0.3 is 0 Å². The second-order valence-electron chi connectivity index (χ2n) is 6.27. The van der Waals surface area contributed by atoms with Crippen molar-refractivity contribution in [1.29, 1.82) is 0 Å². The van der Waals surface area contributed by atoms with Crippen LogP contribution in [0.15, 0.2) is 29.5 Å². The third kappa shape index (κ3) is 6.25. The molecule has 0 saturated carbocycles. The first-order chi connectivity index (χ1) is 11.2. The van der Waals surface area contributed by atoms with Gasteiger partial charge in [0.2, 0.25) is 0 Å². The molecule has 0 aliphatic carbocycles. The molecule has 1 aromatic heterocycles. The number of likely N-dealkylation sites (N-methyl/N-ethyl adjacent to an activating group) is 1. The Balaban J connectivity index is 0.00000288. The molecule has 0 unspecified atom stereocenters. The topological polar surface area (TPSA) is 53.8 Å². The number of hydrogen-bond acceptors (Lipinski definition) is 3. The summed E-state index contributed by atoms with van der Waals surface area (Å²) in [6, 6.07) is 4.09. The number of nitrogens with zero attached hydrogens (tertiary/aromatic N) is 3. The smallest absolute Gasteiger partial charge is 0.191 e. The van der Waals surface area contributed by atoms with Gasteiger partial charge in [-0.25, -0.2) is 0 Å². The van der Waals surface area contributed by atoms with Crippen molar-refractivity contribution in [1.82, 2.24) is 20.1 Å². The SMILES string of the molecule is CCNC(=NCC1(N(C)C)CCOCC1)NCCn1cccc1.I. The monoisotopic (exact) mass is 449 g/mol. The van der Waals surface area contributed by atoms with E-state index in [1.807, 2.05) is 12.1 Å². The Hall–Kier alpha value is -0.800. The van der Waals surface area contributed by atoms with Crippen molar-refractivity contribution in [3.8, 4) is 0 Å². The van der Waals surface area contributed by atoms with E-state index in [1.165, 1.54) is 0 Å². The Morgan fingerprint density at radius 2 is 1.88 bits per heavy atom. The van der Waals surface area contributed by atoms with Crippen LogP contribution < -0.4 is 10.6 Å². The maximum atomic E-state index is 5.53. The zero-order valence-corrected chi connectivity index (χ0v) is 17.5. The summed E-state index contributed by atoms with van der Waals surface area (Å²) in [6.45, 7) is 7.20. The first-order valence-electron chi connectivity index (χ1n) is 8.54. The van der Waals surface area contributed by atoms with Crippen molar-refractivity contribution < 1.29 is 4.74 Å². The molecule has 6 nitrogen and oxygen atoms in total. The predicted molar refractivity (Wildman–Crippen MR) is 110 cm³/mol. The van der Waals surface area contributed by atoms with E-state index >= 15 is 0 Å². The number of hydrogen-bond donors (Lipinski definition) is 2. The van der Waals surface area contributed by atoms with Crippen LogP contribution in [-0.2, 0) is 11.3 Å². The summed E-state index contributed by atoms with van der Waals surface area (Å²) in [5.74, 6) is 0.896. The summed E-state index contributed by atoms with van der Waals surface area (Å²) in [6.07, 6.45) is 6.22. The standard InChI is InChI=1S/C17H31N5O.HI/c1-4-18-16(19-9-12-22-10-5-6-11-22)20-15-17(21(2)3)7-13-23-14-8-17;/h5-6,10-11H,4,7-9,12-15H2,1-3H3,(H2,18,19,20);1H. The molecule has 138 valence electrons. The maximum Gasteiger partial charge on any atom is 0.191 e. The van der Waals surface area contributed by atoms with Gasteiger partial charge in [0.15, 0.2) is 5.96 Å². The number of nitrogens with one attached hydrogen (secondary N) is 2. The van der Waals surface area contributed by atoms with E-state index in [-0.39, 0.29) is 29.5 Å². The van der Waals surface area contributed by atoms with Gasteiger partial charge in [-0.1, -0.05) is 0 Å². The minimum absolute atomic E-state index is 0. The quantitative estimate of drug-likeness (QED) is 0.379. The molecular formula is C17H32IN5O. The van der Waals surface area contributed by atoms with Crippen LogP contribution in [0.2, 0.25) is 0 Å². The van der Waals surface area contributed by atoms with Gasteiger partial charge in [0.25, 0.3) is 0 Å². The van der Waals surface area contributed by atoms with Crippen molar-refractivity contribution in [2.24, 2.45) is 4.99 Å². The minimum atomic E-state index is 0. The summed E-state index contributed by atoms with van der Waals surface area (Å²) in [5, 5.41) is 6.76. The molecule has 0 radical (unpaired) electrons. The molecule has 0 aromatic carbocycles. The molecule has 2 N–H and O–H groups in total. The highest BCUT2D eigenvalue weighted by Gasteiger charge is 2.34. The first-order valence-corrected chi connectivity index (χ1v) is 8.54. The van der Waals surface area contributed by atoms with Gasteiger partial charge in [0.05, 0.1) is 6.54 Å². The van der Waals surface area contributed by atoms with Crippen LogP contribution in [0.1, 0.15) is 19.8 Å². The molecule has 1 fully saturated rings. The zero-order valence-electron chi connectivity index (χ0n) is 15.1. The summed E-state index contributed by atoms with van der Waals surface area (Å²) >= 11 is 0. The molecule has 1 aromatic rings. The lowest BCUT2D eigenvalue weighted by Gasteiger charge is -2.41. The molecule has 24 heavy (non-hydrogen) atoms. The van der Waals surface area contributed by atoms with Gasteiger partial charge < -0.3 is 24.8 Å². The summed E-state index contributed by atoms with van der Waals surface area (Å²) in [4.78, 5) is 7.15. The van der Waals surface area contributed by atoms with Crippen molar-refractivity contribution in [2.45, 2.75) is 31.8 Å². The third-order valence-electron chi connectivity index (χ3n) is 4.58. The summed E-state index contributed by atoms with van der Waals surface area (Å²) in [5.41, 5.74) is 0.112. The second kappa shape index (κ2) is 10.9. The molecule has 1 aliphatic rings. The molecule has 0 amide bonds. The Morgan fingerprint density at radius 1 is 1.21 bits per heavy atom. The molecular weight excluding hydrogens is 417 g/mol. The Bertz CT molecular complexity index is 469. The van der Waals surface area contributed by atoms with Crippen LogP contribution in [0, 0.1) is 0 Å². The molecule has 0 atom stereocenters.